The second kappa shape index (κ2) is 8.65. The lowest BCUT2D eigenvalue weighted by molar-refractivity contribution is -0.170. The van der Waals surface area contributed by atoms with Crippen LogP contribution in [0.2, 0.25) is 0 Å². The SMILES string of the molecule is CC(C)C[C@H](NC(=O)O)[C@@]1(Cc2nccc3c2C[C@@H](CCC2CC2)C3)OC(C)(C)OC1=O. The minimum Gasteiger partial charge on any atom is -0.465 e. The molecule has 0 spiro atoms. The Bertz CT molecular complexity index is 879. The molecule has 1 saturated heterocycles. The first-order chi connectivity index (χ1) is 15.1. The fraction of sp³-hybridized carbons (Fsp3) is 0.720. The van der Waals surface area contributed by atoms with Gasteiger partial charge < -0.3 is 19.9 Å². The van der Waals surface area contributed by atoms with Crippen molar-refractivity contribution in [3.63, 3.8) is 0 Å². The van der Waals surface area contributed by atoms with E-state index in [2.05, 4.69) is 16.4 Å². The van der Waals surface area contributed by atoms with Crippen LogP contribution >= 0.6 is 0 Å². The van der Waals surface area contributed by atoms with Gasteiger partial charge in [0.05, 0.1) is 6.04 Å². The zero-order valence-electron chi connectivity index (χ0n) is 19.6. The first-order valence-electron chi connectivity index (χ1n) is 12.0. The van der Waals surface area contributed by atoms with Gasteiger partial charge in [-0.25, -0.2) is 9.59 Å². The minimum atomic E-state index is -1.44. The van der Waals surface area contributed by atoms with Crippen molar-refractivity contribution in [2.75, 3.05) is 0 Å². The normalized spacial score (nSPS) is 27.3. The van der Waals surface area contributed by atoms with Gasteiger partial charge in [-0.1, -0.05) is 33.1 Å². The number of carboxylic acid groups (broad SMARTS) is 1. The van der Waals surface area contributed by atoms with Crippen molar-refractivity contribution in [3.05, 3.63) is 29.1 Å². The summed E-state index contributed by atoms with van der Waals surface area (Å²) < 4.78 is 11.8. The van der Waals surface area contributed by atoms with Crippen LogP contribution in [0.15, 0.2) is 12.3 Å². The van der Waals surface area contributed by atoms with E-state index in [4.69, 9.17) is 9.47 Å². The highest BCUT2D eigenvalue weighted by Gasteiger charge is 2.59. The number of rotatable bonds is 9. The van der Waals surface area contributed by atoms with Crippen molar-refractivity contribution in [2.45, 2.75) is 96.5 Å². The first kappa shape index (κ1) is 23.0. The Morgan fingerprint density at radius 3 is 2.56 bits per heavy atom. The molecule has 0 radical (unpaired) electrons. The third-order valence-corrected chi connectivity index (χ3v) is 7.03. The van der Waals surface area contributed by atoms with Gasteiger partial charge in [-0.2, -0.15) is 0 Å². The van der Waals surface area contributed by atoms with E-state index in [9.17, 15) is 14.7 Å². The third-order valence-electron chi connectivity index (χ3n) is 7.03. The van der Waals surface area contributed by atoms with E-state index in [-0.39, 0.29) is 12.3 Å². The number of carbonyl (C=O) groups is 2. The molecule has 4 rings (SSSR count). The predicted molar refractivity (Wildman–Crippen MR) is 119 cm³/mol. The summed E-state index contributed by atoms with van der Waals surface area (Å²) in [6.07, 6.45) is 8.56. The standard InChI is InChI=1S/C25H36N2O5/c1-15(2)11-21(27-23(29)30)25(22(28)31-24(3,4)32-25)14-20-19-13-17(8-7-16-5-6-16)12-18(19)9-10-26-20/h9-10,15-17,21,27H,5-8,11-14H2,1-4H3,(H,29,30)/t17-,21-,25+/m0/s1. The fourth-order valence-corrected chi connectivity index (χ4v) is 5.42. The van der Waals surface area contributed by atoms with Gasteiger partial charge in [0.1, 0.15) is 0 Å². The number of fused-ring (bicyclic) bond motifs is 1. The molecule has 3 aliphatic rings. The van der Waals surface area contributed by atoms with Crippen molar-refractivity contribution in [2.24, 2.45) is 17.8 Å². The number of nitrogens with one attached hydrogen (secondary N) is 1. The van der Waals surface area contributed by atoms with Crippen LogP contribution in [0.1, 0.15) is 76.6 Å². The molecule has 7 heteroatoms. The Hall–Kier alpha value is -2.15. The molecule has 1 saturated carbocycles. The molecule has 32 heavy (non-hydrogen) atoms. The lowest BCUT2D eigenvalue weighted by atomic mass is 9.82. The van der Waals surface area contributed by atoms with Gasteiger partial charge in [-0.15, -0.1) is 0 Å². The molecule has 0 bridgehead atoms. The van der Waals surface area contributed by atoms with Gasteiger partial charge in [-0.05, 0) is 60.6 Å². The van der Waals surface area contributed by atoms with Crippen LogP contribution in [0, 0.1) is 17.8 Å². The summed E-state index contributed by atoms with van der Waals surface area (Å²) in [4.78, 5) is 29.6. The van der Waals surface area contributed by atoms with Crippen LogP contribution in [0.4, 0.5) is 4.79 Å². The largest absolute Gasteiger partial charge is 0.465 e. The van der Waals surface area contributed by atoms with Gasteiger partial charge in [0, 0.05) is 32.2 Å². The number of aromatic nitrogens is 1. The van der Waals surface area contributed by atoms with E-state index in [0.29, 0.717) is 12.3 Å². The van der Waals surface area contributed by atoms with E-state index in [0.717, 1.165) is 24.5 Å². The van der Waals surface area contributed by atoms with Crippen LogP contribution in [0.3, 0.4) is 0 Å². The molecule has 0 aromatic carbocycles. The summed E-state index contributed by atoms with van der Waals surface area (Å²) in [6.45, 7) is 7.38. The molecule has 2 aliphatic carbocycles. The molecule has 0 unspecified atom stereocenters. The number of pyridine rings is 1. The zero-order valence-corrected chi connectivity index (χ0v) is 19.6. The number of cyclic esters (lactones) is 1. The number of esters is 1. The number of hydrogen-bond acceptors (Lipinski definition) is 5. The monoisotopic (exact) mass is 444 g/mol. The maximum Gasteiger partial charge on any atom is 0.404 e. The smallest absolute Gasteiger partial charge is 0.404 e. The number of amides is 1. The summed E-state index contributed by atoms with van der Waals surface area (Å²) in [6, 6.07) is 1.35. The van der Waals surface area contributed by atoms with E-state index in [1.165, 1.54) is 36.8 Å². The number of nitrogens with zero attached hydrogens (tertiary/aromatic N) is 1. The lowest BCUT2D eigenvalue weighted by Gasteiger charge is -2.35. The van der Waals surface area contributed by atoms with Gasteiger partial charge in [0.2, 0.25) is 5.79 Å². The maximum atomic E-state index is 13.3. The molecule has 2 fully saturated rings. The van der Waals surface area contributed by atoms with E-state index in [1.54, 1.807) is 20.0 Å². The van der Waals surface area contributed by atoms with E-state index < -0.39 is 29.5 Å². The highest BCUT2D eigenvalue weighted by atomic mass is 16.8. The van der Waals surface area contributed by atoms with Gasteiger partial charge >= 0.3 is 12.1 Å². The van der Waals surface area contributed by atoms with Crippen molar-refractivity contribution >= 4 is 12.1 Å². The molecule has 1 aromatic rings. The molecule has 1 amide bonds. The van der Waals surface area contributed by atoms with Crippen LogP contribution < -0.4 is 5.32 Å². The molecule has 176 valence electrons. The van der Waals surface area contributed by atoms with Crippen LogP contribution in [-0.2, 0) is 33.5 Å². The van der Waals surface area contributed by atoms with Gasteiger partial charge in [-0.3, -0.25) is 4.98 Å². The number of hydrogen-bond donors (Lipinski definition) is 2. The van der Waals surface area contributed by atoms with Crippen LogP contribution in [-0.4, -0.2) is 39.6 Å². The Morgan fingerprint density at radius 1 is 1.25 bits per heavy atom. The van der Waals surface area contributed by atoms with Crippen molar-refractivity contribution in [1.82, 2.24) is 10.3 Å². The fourth-order valence-electron chi connectivity index (χ4n) is 5.42. The molecule has 1 aliphatic heterocycles. The molecular weight excluding hydrogens is 408 g/mol. The average molecular weight is 445 g/mol. The summed E-state index contributed by atoms with van der Waals surface area (Å²) in [5.74, 6) is 0.0371. The van der Waals surface area contributed by atoms with Gasteiger partial charge in [0.15, 0.2) is 5.60 Å². The number of carbonyl (C=O) groups excluding carboxylic acids is 1. The van der Waals surface area contributed by atoms with Gasteiger partial charge in [0.25, 0.3) is 0 Å². The summed E-state index contributed by atoms with van der Waals surface area (Å²) in [5.41, 5.74) is 1.88. The Labute approximate surface area is 190 Å². The Balaban J connectivity index is 1.63. The quantitative estimate of drug-likeness (QED) is 0.552. The van der Waals surface area contributed by atoms with Crippen molar-refractivity contribution < 1.29 is 24.2 Å². The highest BCUT2D eigenvalue weighted by Crippen LogP contribution is 2.42. The summed E-state index contributed by atoms with van der Waals surface area (Å²) in [7, 11) is 0. The molecular formula is C25H36N2O5. The second-order valence-electron chi connectivity index (χ2n) is 10.8. The Morgan fingerprint density at radius 2 is 1.97 bits per heavy atom. The lowest BCUT2D eigenvalue weighted by Crippen LogP contribution is -2.58. The second-order valence-corrected chi connectivity index (χ2v) is 10.8. The molecule has 7 nitrogen and oxygen atoms in total. The highest BCUT2D eigenvalue weighted by molar-refractivity contribution is 5.84. The minimum absolute atomic E-state index is 0.157. The summed E-state index contributed by atoms with van der Waals surface area (Å²) >= 11 is 0. The zero-order chi connectivity index (χ0) is 23.1. The van der Waals surface area contributed by atoms with Crippen LogP contribution in [0.5, 0.6) is 0 Å². The first-order valence-corrected chi connectivity index (χ1v) is 12.0. The molecule has 1 aromatic heterocycles. The van der Waals surface area contributed by atoms with E-state index >= 15 is 0 Å². The molecule has 3 atom stereocenters. The van der Waals surface area contributed by atoms with Crippen molar-refractivity contribution in [1.29, 1.82) is 0 Å². The third kappa shape index (κ3) is 4.92. The average Bonchev–Trinajstić information content (AvgIpc) is 3.35. The van der Waals surface area contributed by atoms with Crippen molar-refractivity contribution in [3.8, 4) is 0 Å². The number of ether oxygens (including phenoxy) is 2. The molecule has 2 N–H and O–H groups in total. The maximum absolute atomic E-state index is 13.3. The van der Waals surface area contributed by atoms with E-state index in [1.807, 2.05) is 13.8 Å². The summed E-state index contributed by atoms with van der Waals surface area (Å²) in [5, 5.41) is 12.1. The topological polar surface area (TPSA) is 97.8 Å². The Kier molecular flexibility index (Phi) is 6.23. The van der Waals surface area contributed by atoms with Crippen LogP contribution in [0.25, 0.3) is 0 Å². The molecule has 2 heterocycles. The predicted octanol–water partition coefficient (Wildman–Crippen LogP) is 4.26.